The van der Waals surface area contributed by atoms with Gasteiger partial charge in [-0.05, 0) is 30.4 Å². The Bertz CT molecular complexity index is 851. The third-order valence-electron chi connectivity index (χ3n) is 6.56. The summed E-state index contributed by atoms with van der Waals surface area (Å²) in [6.45, 7) is 3.50. The van der Waals surface area contributed by atoms with E-state index in [9.17, 15) is 14.7 Å². The number of hydrogen-bond acceptors (Lipinski definition) is 5. The van der Waals surface area contributed by atoms with E-state index in [0.29, 0.717) is 57.4 Å². The number of nitrogens with one attached hydrogen (secondary N) is 2. The van der Waals surface area contributed by atoms with Gasteiger partial charge in [-0.2, -0.15) is 0 Å². The van der Waals surface area contributed by atoms with Gasteiger partial charge < -0.3 is 25.4 Å². The molecule has 32 heavy (non-hydrogen) atoms. The minimum Gasteiger partial charge on any atom is -0.396 e. The van der Waals surface area contributed by atoms with Crippen molar-refractivity contribution in [2.75, 3.05) is 46.0 Å². The lowest BCUT2D eigenvalue weighted by Gasteiger charge is -2.30. The zero-order valence-electron chi connectivity index (χ0n) is 18.5. The first-order valence-electron chi connectivity index (χ1n) is 11.6. The topological polar surface area (TPSA) is 90.9 Å². The van der Waals surface area contributed by atoms with Gasteiger partial charge in [-0.15, -0.1) is 0 Å². The summed E-state index contributed by atoms with van der Waals surface area (Å²) < 4.78 is 5.30. The smallest absolute Gasteiger partial charge is 0.250 e. The summed E-state index contributed by atoms with van der Waals surface area (Å²) in [5.41, 5.74) is 3.35. The second kappa shape index (κ2) is 10.9. The molecule has 3 aliphatic rings. The van der Waals surface area contributed by atoms with Crippen LogP contribution in [0.25, 0.3) is 0 Å². The quantitative estimate of drug-likeness (QED) is 0.558. The van der Waals surface area contributed by atoms with Gasteiger partial charge in [0, 0.05) is 50.3 Å². The van der Waals surface area contributed by atoms with Crippen LogP contribution >= 0.6 is 0 Å². The highest BCUT2D eigenvalue weighted by Gasteiger charge is 2.26. The number of carbonyl (C=O) groups excluding carboxylic acids is 2. The van der Waals surface area contributed by atoms with Crippen molar-refractivity contribution in [2.45, 2.75) is 25.3 Å². The van der Waals surface area contributed by atoms with Crippen molar-refractivity contribution in [3.63, 3.8) is 0 Å². The zero-order chi connectivity index (χ0) is 22.3. The van der Waals surface area contributed by atoms with E-state index in [1.165, 1.54) is 11.1 Å². The summed E-state index contributed by atoms with van der Waals surface area (Å²) in [5.74, 6) is -0.327. The lowest BCUT2D eigenvalue weighted by atomic mass is 9.94. The molecule has 3 N–H and O–H groups in total. The van der Waals surface area contributed by atoms with Gasteiger partial charge in [0.15, 0.2) is 0 Å². The van der Waals surface area contributed by atoms with E-state index in [2.05, 4.69) is 34.9 Å². The molecule has 2 aliphatic carbocycles. The maximum atomic E-state index is 12.6. The van der Waals surface area contributed by atoms with Crippen LogP contribution in [0.15, 0.2) is 48.1 Å². The number of amides is 2. The standard InChI is InChI=1S/C25H33N3O4/c29-17-18(15-26-23-13-21-3-1-2-4-22(21)14-23)16-27-24(30)19-5-7-20(8-6-19)25(31)28-9-11-32-12-10-28/h1-7,18,20,23,26,29H,8-17H2,(H,27,30). The number of morpholine rings is 1. The van der Waals surface area contributed by atoms with E-state index in [1.807, 2.05) is 17.1 Å². The Morgan fingerprint density at radius 2 is 1.84 bits per heavy atom. The summed E-state index contributed by atoms with van der Waals surface area (Å²) in [6, 6.07) is 8.86. The Morgan fingerprint density at radius 3 is 2.47 bits per heavy atom. The number of nitrogens with zero attached hydrogens (tertiary/aromatic N) is 1. The Labute approximate surface area is 189 Å². The monoisotopic (exact) mass is 439 g/mol. The highest BCUT2D eigenvalue weighted by atomic mass is 16.5. The van der Waals surface area contributed by atoms with Crippen molar-refractivity contribution in [3.8, 4) is 0 Å². The van der Waals surface area contributed by atoms with Crippen molar-refractivity contribution in [1.82, 2.24) is 15.5 Å². The lowest BCUT2D eigenvalue weighted by Crippen LogP contribution is -2.43. The van der Waals surface area contributed by atoms with Gasteiger partial charge in [0.1, 0.15) is 0 Å². The predicted molar refractivity (Wildman–Crippen MR) is 122 cm³/mol. The van der Waals surface area contributed by atoms with Gasteiger partial charge >= 0.3 is 0 Å². The molecule has 1 aliphatic heterocycles. The number of aliphatic hydroxyl groups excluding tert-OH is 1. The van der Waals surface area contributed by atoms with Crippen LogP contribution in [0.3, 0.4) is 0 Å². The van der Waals surface area contributed by atoms with Crippen LogP contribution in [0.1, 0.15) is 17.5 Å². The molecular formula is C25H33N3O4. The fraction of sp³-hybridized carbons (Fsp3) is 0.520. The summed E-state index contributed by atoms with van der Waals surface area (Å²) in [6.07, 6.45) is 7.94. The van der Waals surface area contributed by atoms with Gasteiger partial charge in [-0.3, -0.25) is 9.59 Å². The van der Waals surface area contributed by atoms with E-state index >= 15 is 0 Å². The first-order chi connectivity index (χ1) is 15.6. The SMILES string of the molecule is O=C(NCC(CO)CNC1Cc2ccccc2C1)C1=CCC(C(=O)N2CCOCC2)C=C1. The molecular weight excluding hydrogens is 406 g/mol. The average Bonchev–Trinajstić information content (AvgIpc) is 3.27. The van der Waals surface area contributed by atoms with Crippen molar-refractivity contribution in [1.29, 1.82) is 0 Å². The summed E-state index contributed by atoms with van der Waals surface area (Å²) in [5, 5.41) is 16.2. The molecule has 0 radical (unpaired) electrons. The maximum Gasteiger partial charge on any atom is 0.250 e. The largest absolute Gasteiger partial charge is 0.396 e. The minimum absolute atomic E-state index is 0.0119. The molecule has 0 aromatic heterocycles. The van der Waals surface area contributed by atoms with Crippen LogP contribution < -0.4 is 10.6 Å². The lowest BCUT2D eigenvalue weighted by molar-refractivity contribution is -0.138. The fourth-order valence-corrected chi connectivity index (χ4v) is 4.57. The minimum atomic E-state index is -0.213. The molecule has 4 rings (SSSR count). The van der Waals surface area contributed by atoms with Crippen molar-refractivity contribution in [3.05, 3.63) is 59.2 Å². The number of allylic oxidation sites excluding steroid dienone is 1. The number of aliphatic hydroxyl groups is 1. The molecule has 2 atom stereocenters. The Hall–Kier alpha value is -2.48. The van der Waals surface area contributed by atoms with E-state index < -0.39 is 0 Å². The molecule has 0 saturated carbocycles. The summed E-state index contributed by atoms with van der Waals surface area (Å²) in [7, 11) is 0. The molecule has 2 amide bonds. The number of benzene rings is 1. The van der Waals surface area contributed by atoms with Gasteiger partial charge in [0.2, 0.25) is 5.91 Å². The molecule has 2 unspecified atom stereocenters. The number of rotatable bonds is 8. The molecule has 0 spiro atoms. The van der Waals surface area contributed by atoms with Crippen molar-refractivity contribution in [2.24, 2.45) is 11.8 Å². The predicted octanol–water partition coefficient (Wildman–Crippen LogP) is 0.829. The van der Waals surface area contributed by atoms with Crippen LogP contribution in [-0.2, 0) is 27.2 Å². The van der Waals surface area contributed by atoms with Crippen LogP contribution in [0.2, 0.25) is 0 Å². The molecule has 7 nitrogen and oxygen atoms in total. The second-order valence-electron chi connectivity index (χ2n) is 8.84. The first kappa shape index (κ1) is 22.7. The fourth-order valence-electron chi connectivity index (χ4n) is 4.57. The van der Waals surface area contributed by atoms with Gasteiger partial charge in [-0.1, -0.05) is 42.5 Å². The molecule has 1 aromatic carbocycles. The van der Waals surface area contributed by atoms with Crippen LogP contribution in [0.4, 0.5) is 0 Å². The van der Waals surface area contributed by atoms with Gasteiger partial charge in [0.05, 0.1) is 19.1 Å². The molecule has 1 saturated heterocycles. The Morgan fingerprint density at radius 1 is 1.12 bits per heavy atom. The number of carbonyl (C=O) groups is 2. The summed E-state index contributed by atoms with van der Waals surface area (Å²) in [4.78, 5) is 27.0. The Kier molecular flexibility index (Phi) is 7.73. The van der Waals surface area contributed by atoms with Crippen molar-refractivity contribution < 1.29 is 19.4 Å². The van der Waals surface area contributed by atoms with Crippen LogP contribution in [0.5, 0.6) is 0 Å². The maximum absolute atomic E-state index is 12.6. The first-order valence-corrected chi connectivity index (χ1v) is 11.6. The second-order valence-corrected chi connectivity index (χ2v) is 8.84. The van der Waals surface area contributed by atoms with E-state index in [4.69, 9.17) is 4.74 Å². The average molecular weight is 440 g/mol. The molecule has 1 fully saturated rings. The third-order valence-corrected chi connectivity index (χ3v) is 6.56. The van der Waals surface area contributed by atoms with E-state index in [0.717, 1.165) is 12.8 Å². The molecule has 0 bridgehead atoms. The number of fused-ring (bicyclic) bond motifs is 1. The highest BCUT2D eigenvalue weighted by molar-refractivity contribution is 5.97. The highest BCUT2D eigenvalue weighted by Crippen LogP contribution is 2.22. The summed E-state index contributed by atoms with van der Waals surface area (Å²) >= 11 is 0. The van der Waals surface area contributed by atoms with Gasteiger partial charge in [0.25, 0.3) is 5.91 Å². The van der Waals surface area contributed by atoms with Crippen molar-refractivity contribution >= 4 is 11.8 Å². The Balaban J connectivity index is 1.19. The molecule has 7 heteroatoms. The van der Waals surface area contributed by atoms with Crippen LogP contribution in [0, 0.1) is 11.8 Å². The molecule has 1 heterocycles. The molecule has 1 aromatic rings. The number of ether oxygens (including phenoxy) is 1. The van der Waals surface area contributed by atoms with Crippen LogP contribution in [-0.4, -0.2) is 73.9 Å². The van der Waals surface area contributed by atoms with E-state index in [-0.39, 0.29) is 30.3 Å². The van der Waals surface area contributed by atoms with E-state index in [1.54, 1.807) is 6.08 Å². The number of hydrogen-bond donors (Lipinski definition) is 3. The molecule has 172 valence electrons. The van der Waals surface area contributed by atoms with Gasteiger partial charge in [-0.25, -0.2) is 0 Å². The normalized spacial score (nSPS) is 21.7. The zero-order valence-corrected chi connectivity index (χ0v) is 18.5. The third kappa shape index (κ3) is 5.65.